The molecule has 6 heteroatoms. The minimum atomic E-state index is 0.767. The largest absolute Gasteiger partial charge is 0.256 e. The van der Waals surface area contributed by atoms with Gasteiger partial charge in [0.05, 0.1) is 21.3 Å². The average molecular weight is 291 g/mol. The molecule has 1 aromatic carbocycles. The zero-order chi connectivity index (χ0) is 12.5. The molecule has 2 heterocycles. The number of hydrogen-bond donors (Lipinski definition) is 0. The molecule has 0 N–H and O–H groups in total. The fourth-order valence-corrected chi connectivity index (χ4v) is 4.13. The van der Waals surface area contributed by atoms with E-state index in [-0.39, 0.29) is 0 Å². The van der Waals surface area contributed by atoms with Gasteiger partial charge in [0.1, 0.15) is 4.64 Å². The van der Waals surface area contributed by atoms with E-state index in [9.17, 15) is 0 Å². The van der Waals surface area contributed by atoms with Gasteiger partial charge < -0.3 is 0 Å². The summed E-state index contributed by atoms with van der Waals surface area (Å²) in [5, 5.41) is 4.22. The number of hydrogen-bond acceptors (Lipinski definition) is 5. The van der Waals surface area contributed by atoms with Crippen molar-refractivity contribution in [2.75, 3.05) is 0 Å². The lowest BCUT2D eigenvalue weighted by atomic mass is 10.3. The molecule has 0 spiro atoms. The number of nitrogens with zero attached hydrogens (tertiary/aromatic N) is 3. The van der Waals surface area contributed by atoms with Gasteiger partial charge in [0.2, 0.25) is 0 Å². The highest BCUT2D eigenvalue weighted by Crippen LogP contribution is 2.22. The minimum Gasteiger partial charge on any atom is -0.256 e. The second kappa shape index (κ2) is 4.72. The van der Waals surface area contributed by atoms with Gasteiger partial charge in [-0.1, -0.05) is 30.4 Å². The van der Waals surface area contributed by atoms with Crippen molar-refractivity contribution in [1.29, 1.82) is 0 Å². The standard InChI is InChI=1S/C12H9N3S3/c1-15-11(16)10-9(7-13-15)17-12(18-10)14-8-5-3-2-4-6-8/h2-7H,1H3. The van der Waals surface area contributed by atoms with Crippen molar-refractivity contribution in [3.63, 3.8) is 0 Å². The summed E-state index contributed by atoms with van der Waals surface area (Å²) in [7, 11) is 1.86. The third kappa shape index (κ3) is 2.14. The van der Waals surface area contributed by atoms with Gasteiger partial charge >= 0.3 is 0 Å². The number of rotatable bonds is 1. The summed E-state index contributed by atoms with van der Waals surface area (Å²) in [6, 6.07) is 9.93. The second-order valence-corrected chi connectivity index (χ2v) is 6.36. The van der Waals surface area contributed by atoms with E-state index in [4.69, 9.17) is 12.2 Å². The van der Waals surface area contributed by atoms with Crippen molar-refractivity contribution in [3.05, 3.63) is 45.2 Å². The number of fused-ring (bicyclic) bond motifs is 1. The first kappa shape index (κ1) is 11.7. The maximum atomic E-state index is 5.35. The number of para-hydroxylation sites is 1. The molecule has 3 aromatic rings. The summed E-state index contributed by atoms with van der Waals surface area (Å²) >= 11 is 8.59. The van der Waals surface area contributed by atoms with Crippen LogP contribution in [0.1, 0.15) is 0 Å². The molecule has 0 unspecified atom stereocenters. The van der Waals surface area contributed by atoms with Crippen LogP contribution in [0.15, 0.2) is 41.5 Å². The minimum absolute atomic E-state index is 0.767. The zero-order valence-electron chi connectivity index (χ0n) is 9.53. The first-order valence-electron chi connectivity index (χ1n) is 5.30. The average Bonchev–Trinajstić information content (AvgIpc) is 2.79. The van der Waals surface area contributed by atoms with Crippen LogP contribution >= 0.6 is 34.9 Å². The molecule has 0 fully saturated rings. The fourth-order valence-electron chi connectivity index (χ4n) is 1.52. The Labute approximate surface area is 117 Å². The molecule has 3 nitrogen and oxygen atoms in total. The highest BCUT2D eigenvalue weighted by molar-refractivity contribution is 7.72. The van der Waals surface area contributed by atoms with Crippen molar-refractivity contribution in [3.8, 4) is 0 Å². The van der Waals surface area contributed by atoms with Gasteiger partial charge in [0.15, 0.2) is 3.98 Å². The van der Waals surface area contributed by atoms with E-state index >= 15 is 0 Å². The van der Waals surface area contributed by atoms with E-state index in [1.165, 1.54) is 0 Å². The Bertz CT molecular complexity index is 812. The maximum Gasteiger partial charge on any atom is 0.172 e. The third-order valence-electron chi connectivity index (χ3n) is 2.42. The molecular formula is C12H9N3S3. The first-order valence-corrected chi connectivity index (χ1v) is 7.34. The zero-order valence-corrected chi connectivity index (χ0v) is 12.0. The van der Waals surface area contributed by atoms with Crippen molar-refractivity contribution < 1.29 is 0 Å². The van der Waals surface area contributed by atoms with Crippen LogP contribution in [-0.2, 0) is 7.05 Å². The molecule has 0 aliphatic rings. The topological polar surface area (TPSA) is 30.2 Å². The molecule has 2 aromatic heterocycles. The van der Waals surface area contributed by atoms with Gasteiger partial charge in [0, 0.05) is 7.05 Å². The van der Waals surface area contributed by atoms with Crippen molar-refractivity contribution >= 4 is 50.0 Å². The molecule has 3 rings (SSSR count). The summed E-state index contributed by atoms with van der Waals surface area (Å²) in [5.41, 5.74) is 0.962. The molecule has 0 radical (unpaired) electrons. The smallest absolute Gasteiger partial charge is 0.172 e. The Morgan fingerprint density at radius 3 is 2.78 bits per heavy atom. The SMILES string of the molecule is Cn1ncc2sc(=Nc3ccccc3)sc2c1=S. The summed E-state index contributed by atoms with van der Waals surface area (Å²) in [4.78, 5) is 4.60. The molecule has 18 heavy (non-hydrogen) atoms. The molecule has 0 atom stereocenters. The predicted molar refractivity (Wildman–Crippen MR) is 79.0 cm³/mol. The van der Waals surface area contributed by atoms with E-state index in [0.717, 1.165) is 23.7 Å². The predicted octanol–water partition coefficient (Wildman–Crippen LogP) is 3.66. The van der Waals surface area contributed by atoms with Gasteiger partial charge in [-0.2, -0.15) is 5.10 Å². The monoisotopic (exact) mass is 291 g/mol. The Hall–Kier alpha value is -1.37. The summed E-state index contributed by atoms with van der Waals surface area (Å²) < 4.78 is 5.66. The molecule has 0 saturated heterocycles. The van der Waals surface area contributed by atoms with Crippen LogP contribution in [0.4, 0.5) is 5.69 Å². The van der Waals surface area contributed by atoms with Gasteiger partial charge in [-0.25, -0.2) is 4.99 Å². The second-order valence-electron chi connectivity index (χ2n) is 3.68. The molecule has 0 aliphatic heterocycles. The van der Waals surface area contributed by atoms with E-state index < -0.39 is 0 Å². The molecule has 0 bridgehead atoms. The summed E-state index contributed by atoms with van der Waals surface area (Å²) in [6.07, 6.45) is 1.84. The lowest BCUT2D eigenvalue weighted by Crippen LogP contribution is -1.95. The van der Waals surface area contributed by atoms with Gasteiger partial charge in [-0.15, -0.1) is 22.7 Å². The molecule has 0 saturated carbocycles. The van der Waals surface area contributed by atoms with Crippen LogP contribution in [0.5, 0.6) is 0 Å². The van der Waals surface area contributed by atoms with Gasteiger partial charge in [-0.05, 0) is 12.1 Å². The maximum absolute atomic E-state index is 5.35. The van der Waals surface area contributed by atoms with E-state index in [0.29, 0.717) is 0 Å². The highest BCUT2D eigenvalue weighted by atomic mass is 32.2. The lowest BCUT2D eigenvalue weighted by Gasteiger charge is -1.94. The lowest BCUT2D eigenvalue weighted by molar-refractivity contribution is 0.738. The van der Waals surface area contributed by atoms with Crippen LogP contribution in [0.25, 0.3) is 9.40 Å². The van der Waals surface area contributed by atoms with Crippen molar-refractivity contribution in [2.24, 2.45) is 12.0 Å². The Morgan fingerprint density at radius 2 is 2.00 bits per heavy atom. The van der Waals surface area contributed by atoms with Crippen molar-refractivity contribution in [1.82, 2.24) is 9.78 Å². The molecule has 0 amide bonds. The van der Waals surface area contributed by atoms with E-state index in [1.807, 2.05) is 43.6 Å². The first-order chi connectivity index (χ1) is 8.74. The highest BCUT2D eigenvalue weighted by Gasteiger charge is 2.02. The van der Waals surface area contributed by atoms with Gasteiger partial charge in [-0.3, -0.25) is 4.68 Å². The number of aryl methyl sites for hydroxylation is 1. The van der Waals surface area contributed by atoms with Crippen LogP contribution in [0.2, 0.25) is 0 Å². The fraction of sp³-hybridized carbons (Fsp3) is 0.0833. The molecular weight excluding hydrogens is 282 g/mol. The Kier molecular flexibility index (Phi) is 3.07. The van der Waals surface area contributed by atoms with Crippen LogP contribution < -0.4 is 3.98 Å². The Balaban J connectivity index is 2.24. The third-order valence-corrected chi connectivity index (χ3v) is 5.33. The number of aromatic nitrogens is 2. The van der Waals surface area contributed by atoms with Crippen molar-refractivity contribution in [2.45, 2.75) is 0 Å². The Morgan fingerprint density at radius 1 is 1.22 bits per heavy atom. The quantitative estimate of drug-likeness (QED) is 0.641. The number of benzene rings is 1. The van der Waals surface area contributed by atoms with Crippen LogP contribution in [0, 0.1) is 4.64 Å². The molecule has 90 valence electrons. The van der Waals surface area contributed by atoms with E-state index in [1.54, 1.807) is 27.4 Å². The molecule has 0 aliphatic carbocycles. The van der Waals surface area contributed by atoms with Crippen LogP contribution in [0.3, 0.4) is 0 Å². The normalized spacial score (nSPS) is 12.2. The van der Waals surface area contributed by atoms with Gasteiger partial charge in [0.25, 0.3) is 0 Å². The summed E-state index contributed by atoms with van der Waals surface area (Å²) in [6.45, 7) is 0. The van der Waals surface area contributed by atoms with Crippen LogP contribution in [-0.4, -0.2) is 9.78 Å². The van der Waals surface area contributed by atoms with E-state index in [2.05, 4.69) is 10.1 Å². The summed E-state index contributed by atoms with van der Waals surface area (Å²) in [5.74, 6) is 0.